The minimum atomic E-state index is 0.276. The van der Waals surface area contributed by atoms with Gasteiger partial charge in [-0.05, 0) is 26.8 Å². The van der Waals surface area contributed by atoms with Crippen molar-refractivity contribution in [2.24, 2.45) is 0 Å². The average Bonchev–Trinajstić information content (AvgIpc) is 2.86. The molecule has 2 heterocycles. The van der Waals surface area contributed by atoms with E-state index in [4.69, 9.17) is 4.52 Å². The quantitative estimate of drug-likeness (QED) is 0.900. The highest BCUT2D eigenvalue weighted by molar-refractivity contribution is 5.55. The molecular weight excluding hydrogens is 254 g/mol. The van der Waals surface area contributed by atoms with Gasteiger partial charge in [-0.15, -0.1) is 0 Å². The molecule has 2 rings (SSSR count). The number of hydrogen-bond donors (Lipinski definition) is 1. The number of nitrogens with zero attached hydrogens (tertiary/aromatic N) is 4. The van der Waals surface area contributed by atoms with Crippen LogP contribution in [0, 0.1) is 6.92 Å². The Hall–Kier alpha value is -1.82. The fraction of sp³-hybridized carbons (Fsp3) is 0.571. The van der Waals surface area contributed by atoms with Gasteiger partial charge < -0.3 is 9.84 Å². The van der Waals surface area contributed by atoms with Crippen LogP contribution in [0.25, 0.3) is 11.5 Å². The van der Waals surface area contributed by atoms with E-state index in [1.54, 1.807) is 6.20 Å². The normalized spacial score (nSPS) is 12.9. The van der Waals surface area contributed by atoms with Crippen LogP contribution in [0.4, 0.5) is 0 Å². The molecular formula is C14H21N5O. The molecule has 0 aliphatic carbocycles. The van der Waals surface area contributed by atoms with Gasteiger partial charge in [0.1, 0.15) is 5.82 Å². The molecule has 0 saturated carbocycles. The zero-order chi connectivity index (χ0) is 14.7. The predicted molar refractivity (Wildman–Crippen MR) is 76.4 cm³/mol. The number of likely N-dealkylation sites (N-methyl/N-ethyl adjacent to an activating group) is 1. The maximum Gasteiger partial charge on any atom is 0.261 e. The van der Waals surface area contributed by atoms with Crippen LogP contribution >= 0.6 is 0 Å². The van der Waals surface area contributed by atoms with E-state index >= 15 is 0 Å². The topological polar surface area (TPSA) is 76.7 Å². The standard InChI is InChI=1S/C14H21N5O/c1-8(2)13-11(7-16-10(4)17-13)14-18-12(19-20-14)6-9(3)15-5/h7-9,15H,6H2,1-5H3. The molecule has 0 saturated heterocycles. The van der Waals surface area contributed by atoms with Crippen molar-refractivity contribution in [1.29, 1.82) is 0 Å². The fourth-order valence-electron chi connectivity index (χ4n) is 1.91. The summed E-state index contributed by atoms with van der Waals surface area (Å²) < 4.78 is 5.36. The summed E-state index contributed by atoms with van der Waals surface area (Å²) in [5, 5.41) is 7.17. The number of aromatic nitrogens is 4. The number of aryl methyl sites for hydroxylation is 1. The van der Waals surface area contributed by atoms with Gasteiger partial charge in [-0.1, -0.05) is 19.0 Å². The van der Waals surface area contributed by atoms with Crippen LogP contribution in [0.1, 0.15) is 44.0 Å². The van der Waals surface area contributed by atoms with E-state index in [0.717, 1.165) is 23.5 Å². The van der Waals surface area contributed by atoms with E-state index in [1.807, 2.05) is 14.0 Å². The molecule has 0 bridgehead atoms. The monoisotopic (exact) mass is 275 g/mol. The van der Waals surface area contributed by atoms with Gasteiger partial charge in [0.15, 0.2) is 5.82 Å². The minimum absolute atomic E-state index is 0.276. The molecule has 0 radical (unpaired) electrons. The molecule has 0 amide bonds. The Morgan fingerprint density at radius 3 is 2.65 bits per heavy atom. The molecule has 20 heavy (non-hydrogen) atoms. The average molecular weight is 275 g/mol. The summed E-state index contributed by atoms with van der Waals surface area (Å²) in [6.07, 6.45) is 2.49. The third kappa shape index (κ3) is 3.19. The first-order valence-electron chi connectivity index (χ1n) is 6.85. The van der Waals surface area contributed by atoms with Crippen LogP contribution in [0.3, 0.4) is 0 Å². The highest BCUT2D eigenvalue weighted by Gasteiger charge is 2.17. The fourth-order valence-corrected chi connectivity index (χ4v) is 1.91. The number of nitrogens with one attached hydrogen (secondary N) is 1. The van der Waals surface area contributed by atoms with E-state index in [0.29, 0.717) is 17.8 Å². The molecule has 6 heteroatoms. The SMILES string of the molecule is CNC(C)Cc1noc(-c2cnc(C)nc2C(C)C)n1. The highest BCUT2D eigenvalue weighted by atomic mass is 16.5. The second-order valence-electron chi connectivity index (χ2n) is 5.28. The molecule has 2 aromatic rings. The van der Waals surface area contributed by atoms with Gasteiger partial charge in [0.25, 0.3) is 5.89 Å². The maximum absolute atomic E-state index is 5.36. The summed E-state index contributed by atoms with van der Waals surface area (Å²) in [7, 11) is 1.91. The summed E-state index contributed by atoms with van der Waals surface area (Å²) in [5.41, 5.74) is 1.76. The Bertz CT molecular complexity index is 579. The van der Waals surface area contributed by atoms with Gasteiger partial charge in [-0.2, -0.15) is 4.98 Å². The Morgan fingerprint density at radius 1 is 1.25 bits per heavy atom. The Kier molecular flexibility index (Phi) is 4.44. The van der Waals surface area contributed by atoms with Gasteiger partial charge in [0, 0.05) is 18.7 Å². The van der Waals surface area contributed by atoms with Gasteiger partial charge in [0.05, 0.1) is 11.3 Å². The molecule has 1 unspecified atom stereocenters. The summed E-state index contributed by atoms with van der Waals surface area (Å²) in [5.74, 6) is 2.21. The van der Waals surface area contributed by atoms with Crippen molar-refractivity contribution in [2.75, 3.05) is 7.05 Å². The van der Waals surface area contributed by atoms with Crippen LogP contribution in [0.2, 0.25) is 0 Å². The molecule has 1 N–H and O–H groups in total. The van der Waals surface area contributed by atoms with Crippen molar-refractivity contribution >= 4 is 0 Å². The lowest BCUT2D eigenvalue weighted by Gasteiger charge is -2.08. The molecule has 0 fully saturated rings. The Labute approximate surface area is 119 Å². The second-order valence-corrected chi connectivity index (χ2v) is 5.28. The van der Waals surface area contributed by atoms with Crippen molar-refractivity contribution in [1.82, 2.24) is 25.4 Å². The van der Waals surface area contributed by atoms with Crippen LogP contribution in [0.5, 0.6) is 0 Å². The van der Waals surface area contributed by atoms with Crippen molar-refractivity contribution in [3.05, 3.63) is 23.5 Å². The Morgan fingerprint density at radius 2 is 2.00 bits per heavy atom. The van der Waals surface area contributed by atoms with Crippen molar-refractivity contribution in [3.63, 3.8) is 0 Å². The predicted octanol–water partition coefficient (Wildman–Crippen LogP) is 2.11. The Balaban J connectivity index is 2.32. The van der Waals surface area contributed by atoms with E-state index in [9.17, 15) is 0 Å². The smallest absolute Gasteiger partial charge is 0.261 e. The highest BCUT2D eigenvalue weighted by Crippen LogP contribution is 2.25. The van der Waals surface area contributed by atoms with Gasteiger partial charge in [-0.3, -0.25) is 0 Å². The van der Waals surface area contributed by atoms with Crippen LogP contribution < -0.4 is 5.32 Å². The lowest BCUT2D eigenvalue weighted by atomic mass is 10.1. The molecule has 0 aromatic carbocycles. The van der Waals surface area contributed by atoms with E-state index in [2.05, 4.69) is 46.2 Å². The first kappa shape index (κ1) is 14.6. The number of rotatable bonds is 5. The van der Waals surface area contributed by atoms with Crippen LogP contribution in [0.15, 0.2) is 10.7 Å². The van der Waals surface area contributed by atoms with E-state index < -0.39 is 0 Å². The number of hydrogen-bond acceptors (Lipinski definition) is 6. The lowest BCUT2D eigenvalue weighted by molar-refractivity contribution is 0.417. The van der Waals surface area contributed by atoms with Crippen molar-refractivity contribution in [2.45, 2.75) is 46.1 Å². The third-order valence-electron chi connectivity index (χ3n) is 3.17. The summed E-state index contributed by atoms with van der Waals surface area (Å²) in [6, 6.07) is 0.305. The van der Waals surface area contributed by atoms with Gasteiger partial charge >= 0.3 is 0 Å². The first-order chi connectivity index (χ1) is 9.51. The minimum Gasteiger partial charge on any atom is -0.334 e. The van der Waals surface area contributed by atoms with E-state index in [-0.39, 0.29) is 5.92 Å². The van der Waals surface area contributed by atoms with Gasteiger partial charge in [-0.25, -0.2) is 9.97 Å². The molecule has 6 nitrogen and oxygen atoms in total. The van der Waals surface area contributed by atoms with Crippen LogP contribution in [-0.4, -0.2) is 33.2 Å². The summed E-state index contributed by atoms with van der Waals surface area (Å²) in [6.45, 7) is 8.13. The van der Waals surface area contributed by atoms with Crippen molar-refractivity contribution in [3.8, 4) is 11.5 Å². The maximum atomic E-state index is 5.36. The molecule has 0 aliphatic heterocycles. The zero-order valence-corrected chi connectivity index (χ0v) is 12.6. The summed E-state index contributed by atoms with van der Waals surface area (Å²) >= 11 is 0. The summed E-state index contributed by atoms with van der Waals surface area (Å²) in [4.78, 5) is 13.2. The molecule has 2 aromatic heterocycles. The molecule has 108 valence electrons. The zero-order valence-electron chi connectivity index (χ0n) is 12.6. The first-order valence-corrected chi connectivity index (χ1v) is 6.85. The van der Waals surface area contributed by atoms with Gasteiger partial charge in [0.2, 0.25) is 0 Å². The second kappa shape index (κ2) is 6.09. The van der Waals surface area contributed by atoms with E-state index in [1.165, 1.54) is 0 Å². The molecule has 0 aliphatic rings. The molecule has 1 atom stereocenters. The largest absolute Gasteiger partial charge is 0.334 e. The lowest BCUT2D eigenvalue weighted by Crippen LogP contribution is -2.24. The third-order valence-corrected chi connectivity index (χ3v) is 3.17. The molecule has 0 spiro atoms. The van der Waals surface area contributed by atoms with Crippen LogP contribution in [-0.2, 0) is 6.42 Å². The van der Waals surface area contributed by atoms with Crippen molar-refractivity contribution < 1.29 is 4.52 Å².